The number of aliphatic hydroxyl groups is 1. The lowest BCUT2D eigenvalue weighted by molar-refractivity contribution is 0.154. The zero-order valence-corrected chi connectivity index (χ0v) is 11.8. The molecule has 1 aromatic heterocycles. The summed E-state index contributed by atoms with van der Waals surface area (Å²) in [4.78, 5) is 0. The van der Waals surface area contributed by atoms with Gasteiger partial charge in [-0.25, -0.2) is 0 Å². The SMILES string of the molecule is Cn1cc(CNS(=O)(=O)N2CCCCC2CO)cn1. The van der Waals surface area contributed by atoms with Gasteiger partial charge in [0.2, 0.25) is 0 Å². The molecule has 0 saturated carbocycles. The number of nitrogens with zero attached hydrogens (tertiary/aromatic N) is 3. The fraction of sp³-hybridized carbons (Fsp3) is 0.727. The predicted molar refractivity (Wildman–Crippen MR) is 70.4 cm³/mol. The lowest BCUT2D eigenvalue weighted by atomic mass is 10.1. The Bertz CT molecular complexity index is 514. The number of piperidine rings is 1. The van der Waals surface area contributed by atoms with E-state index in [-0.39, 0.29) is 19.2 Å². The first-order chi connectivity index (χ1) is 9.03. The molecule has 0 bridgehead atoms. The van der Waals surface area contributed by atoms with Gasteiger partial charge in [-0.05, 0) is 12.8 Å². The highest BCUT2D eigenvalue weighted by Gasteiger charge is 2.31. The lowest BCUT2D eigenvalue weighted by Crippen LogP contribution is -2.50. The molecule has 0 aliphatic carbocycles. The van der Waals surface area contributed by atoms with Gasteiger partial charge >= 0.3 is 0 Å². The molecule has 1 aliphatic rings. The quantitative estimate of drug-likeness (QED) is 0.772. The Kier molecular flexibility index (Phi) is 4.56. The van der Waals surface area contributed by atoms with Crippen LogP contribution in [0, 0.1) is 0 Å². The monoisotopic (exact) mass is 288 g/mol. The Morgan fingerprint density at radius 1 is 1.53 bits per heavy atom. The van der Waals surface area contributed by atoms with Gasteiger partial charge in [-0.15, -0.1) is 0 Å². The Hall–Kier alpha value is -0.960. The van der Waals surface area contributed by atoms with Gasteiger partial charge in [0.05, 0.1) is 12.8 Å². The number of hydrogen-bond donors (Lipinski definition) is 2. The zero-order valence-electron chi connectivity index (χ0n) is 11.0. The molecule has 19 heavy (non-hydrogen) atoms. The second kappa shape index (κ2) is 6.00. The first-order valence-corrected chi connectivity index (χ1v) is 7.82. The molecule has 1 aliphatic heterocycles. The van der Waals surface area contributed by atoms with Crippen molar-refractivity contribution in [2.45, 2.75) is 31.8 Å². The summed E-state index contributed by atoms with van der Waals surface area (Å²) in [6, 6.07) is -0.305. The van der Waals surface area contributed by atoms with Gasteiger partial charge in [0.15, 0.2) is 0 Å². The third kappa shape index (κ3) is 3.53. The molecule has 8 heteroatoms. The van der Waals surface area contributed by atoms with Crippen molar-refractivity contribution in [3.8, 4) is 0 Å². The minimum atomic E-state index is -3.55. The molecule has 1 fully saturated rings. The summed E-state index contributed by atoms with van der Waals surface area (Å²) in [7, 11) is -1.77. The van der Waals surface area contributed by atoms with E-state index in [0.29, 0.717) is 13.0 Å². The zero-order chi connectivity index (χ0) is 13.9. The van der Waals surface area contributed by atoms with E-state index in [0.717, 1.165) is 18.4 Å². The van der Waals surface area contributed by atoms with Crippen molar-refractivity contribution in [2.24, 2.45) is 7.05 Å². The van der Waals surface area contributed by atoms with Crippen molar-refractivity contribution < 1.29 is 13.5 Å². The summed E-state index contributed by atoms with van der Waals surface area (Å²) in [5, 5.41) is 13.3. The fourth-order valence-electron chi connectivity index (χ4n) is 2.29. The maximum Gasteiger partial charge on any atom is 0.280 e. The van der Waals surface area contributed by atoms with Gasteiger partial charge in [-0.1, -0.05) is 6.42 Å². The molecule has 2 heterocycles. The van der Waals surface area contributed by atoms with E-state index in [1.807, 2.05) is 0 Å². The highest BCUT2D eigenvalue weighted by Crippen LogP contribution is 2.19. The second-order valence-corrected chi connectivity index (χ2v) is 6.50. The smallest absolute Gasteiger partial charge is 0.280 e. The van der Waals surface area contributed by atoms with Crippen LogP contribution in [-0.4, -0.2) is 46.8 Å². The maximum atomic E-state index is 12.2. The summed E-state index contributed by atoms with van der Waals surface area (Å²) < 4.78 is 30.0. The molecule has 1 aromatic rings. The maximum absolute atomic E-state index is 12.2. The predicted octanol–water partition coefficient (Wildman–Crippen LogP) is -0.399. The highest BCUT2D eigenvalue weighted by atomic mass is 32.2. The van der Waals surface area contributed by atoms with Crippen LogP contribution in [0.3, 0.4) is 0 Å². The molecule has 1 unspecified atom stereocenters. The first-order valence-electron chi connectivity index (χ1n) is 6.38. The summed E-state index contributed by atoms with van der Waals surface area (Å²) >= 11 is 0. The van der Waals surface area contributed by atoms with Gasteiger partial charge in [-0.2, -0.15) is 22.5 Å². The van der Waals surface area contributed by atoms with E-state index in [1.54, 1.807) is 24.1 Å². The average Bonchev–Trinajstić information content (AvgIpc) is 2.82. The van der Waals surface area contributed by atoms with Crippen LogP contribution in [0.4, 0.5) is 0 Å². The van der Waals surface area contributed by atoms with Gasteiger partial charge < -0.3 is 5.11 Å². The summed E-state index contributed by atoms with van der Waals surface area (Å²) in [5.74, 6) is 0. The van der Waals surface area contributed by atoms with E-state index < -0.39 is 10.2 Å². The van der Waals surface area contributed by atoms with Crippen molar-refractivity contribution in [1.29, 1.82) is 0 Å². The average molecular weight is 288 g/mol. The van der Waals surface area contributed by atoms with Gasteiger partial charge in [0, 0.05) is 37.9 Å². The van der Waals surface area contributed by atoms with Crippen LogP contribution >= 0.6 is 0 Å². The third-order valence-electron chi connectivity index (χ3n) is 3.31. The van der Waals surface area contributed by atoms with Crippen molar-refractivity contribution in [3.63, 3.8) is 0 Å². The van der Waals surface area contributed by atoms with Crippen LogP contribution in [0.5, 0.6) is 0 Å². The minimum Gasteiger partial charge on any atom is -0.395 e. The molecule has 0 radical (unpaired) electrons. The van der Waals surface area contributed by atoms with Crippen molar-refractivity contribution in [2.75, 3.05) is 13.2 Å². The molecule has 7 nitrogen and oxygen atoms in total. The van der Waals surface area contributed by atoms with Crippen molar-refractivity contribution in [3.05, 3.63) is 18.0 Å². The van der Waals surface area contributed by atoms with Gasteiger partial charge in [0.25, 0.3) is 10.2 Å². The number of aliphatic hydroxyl groups excluding tert-OH is 1. The standard InChI is InChI=1S/C11H20N4O3S/c1-14-8-10(6-12-14)7-13-19(17,18)15-5-3-2-4-11(15)9-16/h6,8,11,13,16H,2-5,7,9H2,1H3. The largest absolute Gasteiger partial charge is 0.395 e. The molecule has 108 valence electrons. The Labute approximate surface area is 113 Å². The molecule has 0 spiro atoms. The molecule has 2 N–H and O–H groups in total. The molecular weight excluding hydrogens is 268 g/mol. The fourth-order valence-corrected chi connectivity index (χ4v) is 3.74. The van der Waals surface area contributed by atoms with Crippen LogP contribution in [0.25, 0.3) is 0 Å². The number of hydrogen-bond acceptors (Lipinski definition) is 4. The van der Waals surface area contributed by atoms with Crippen LogP contribution in [0.2, 0.25) is 0 Å². The summed E-state index contributed by atoms with van der Waals surface area (Å²) in [5.41, 5.74) is 0.809. The Morgan fingerprint density at radius 2 is 2.32 bits per heavy atom. The highest BCUT2D eigenvalue weighted by molar-refractivity contribution is 7.87. The van der Waals surface area contributed by atoms with Crippen LogP contribution in [0.1, 0.15) is 24.8 Å². The van der Waals surface area contributed by atoms with Gasteiger partial charge in [-0.3, -0.25) is 4.68 Å². The van der Waals surface area contributed by atoms with E-state index in [2.05, 4.69) is 9.82 Å². The first kappa shape index (κ1) is 14.4. The molecular formula is C11H20N4O3S. The number of rotatable bonds is 5. The molecule has 1 atom stereocenters. The second-order valence-electron chi connectivity index (χ2n) is 4.79. The van der Waals surface area contributed by atoms with E-state index in [4.69, 9.17) is 0 Å². The van der Waals surface area contributed by atoms with E-state index >= 15 is 0 Å². The van der Waals surface area contributed by atoms with E-state index in [9.17, 15) is 13.5 Å². The molecule has 2 rings (SSSR count). The Balaban J connectivity index is 2.00. The topological polar surface area (TPSA) is 87.5 Å². The van der Waals surface area contributed by atoms with Crippen LogP contribution in [0.15, 0.2) is 12.4 Å². The van der Waals surface area contributed by atoms with Crippen LogP contribution in [-0.2, 0) is 23.8 Å². The number of aromatic nitrogens is 2. The number of nitrogens with one attached hydrogen (secondary N) is 1. The lowest BCUT2D eigenvalue weighted by Gasteiger charge is -2.33. The minimum absolute atomic E-state index is 0.131. The van der Waals surface area contributed by atoms with Gasteiger partial charge in [0.1, 0.15) is 0 Å². The van der Waals surface area contributed by atoms with Crippen LogP contribution < -0.4 is 4.72 Å². The van der Waals surface area contributed by atoms with E-state index in [1.165, 1.54) is 4.31 Å². The number of aryl methyl sites for hydroxylation is 1. The normalized spacial score (nSPS) is 21.7. The Morgan fingerprint density at radius 3 is 2.95 bits per heavy atom. The van der Waals surface area contributed by atoms with Crippen molar-refractivity contribution >= 4 is 10.2 Å². The molecule has 0 amide bonds. The molecule has 0 aromatic carbocycles. The third-order valence-corrected chi connectivity index (χ3v) is 4.92. The summed E-state index contributed by atoms with van der Waals surface area (Å²) in [6.45, 7) is 0.548. The molecule has 1 saturated heterocycles. The summed E-state index contributed by atoms with van der Waals surface area (Å²) in [6.07, 6.45) is 5.90. The van der Waals surface area contributed by atoms with Crippen molar-refractivity contribution in [1.82, 2.24) is 18.8 Å².